The first kappa shape index (κ1) is 16.0. The van der Waals surface area contributed by atoms with Crippen LogP contribution in [0.3, 0.4) is 0 Å². The van der Waals surface area contributed by atoms with Gasteiger partial charge in [0.2, 0.25) is 5.91 Å². The zero-order valence-corrected chi connectivity index (χ0v) is 13.4. The lowest BCUT2D eigenvalue weighted by Gasteiger charge is -2.08. The maximum atomic E-state index is 11.7. The van der Waals surface area contributed by atoms with Gasteiger partial charge in [-0.3, -0.25) is 4.79 Å². The third-order valence-corrected chi connectivity index (χ3v) is 3.09. The number of amides is 1. The molecule has 2 aromatic carbocycles. The molecule has 0 fully saturated rings. The molecule has 0 bridgehead atoms. The SMILES string of the molecule is CC(=O)Nc1cccc(OCC(=O)Oc2ccc(Br)cc2)c1. The van der Waals surface area contributed by atoms with Crippen molar-refractivity contribution in [3.63, 3.8) is 0 Å². The molecule has 22 heavy (non-hydrogen) atoms. The number of ether oxygens (including phenoxy) is 2. The minimum absolute atomic E-state index is 0.174. The van der Waals surface area contributed by atoms with Crippen molar-refractivity contribution in [1.82, 2.24) is 0 Å². The number of esters is 1. The van der Waals surface area contributed by atoms with E-state index in [1.807, 2.05) is 0 Å². The monoisotopic (exact) mass is 363 g/mol. The van der Waals surface area contributed by atoms with Crippen LogP contribution in [0.4, 0.5) is 5.69 Å². The van der Waals surface area contributed by atoms with Crippen LogP contribution in [0, 0.1) is 0 Å². The summed E-state index contributed by atoms with van der Waals surface area (Å²) in [5.74, 6) is 0.238. The summed E-state index contributed by atoms with van der Waals surface area (Å²) >= 11 is 3.30. The van der Waals surface area contributed by atoms with Crippen molar-refractivity contribution >= 4 is 33.5 Å². The first-order chi connectivity index (χ1) is 10.5. The fourth-order valence-electron chi connectivity index (χ4n) is 1.67. The molecule has 6 heteroatoms. The summed E-state index contributed by atoms with van der Waals surface area (Å²) in [5.41, 5.74) is 0.603. The van der Waals surface area contributed by atoms with Crippen LogP contribution in [0.25, 0.3) is 0 Å². The standard InChI is InChI=1S/C16H14BrNO4/c1-11(19)18-13-3-2-4-15(9-13)21-10-16(20)22-14-7-5-12(17)6-8-14/h2-9H,10H2,1H3,(H,18,19). The largest absolute Gasteiger partial charge is 0.482 e. The van der Waals surface area contributed by atoms with Gasteiger partial charge in [-0.15, -0.1) is 0 Å². The van der Waals surface area contributed by atoms with Gasteiger partial charge in [0.1, 0.15) is 11.5 Å². The lowest BCUT2D eigenvalue weighted by atomic mass is 10.3. The minimum atomic E-state index is -0.507. The Kier molecular flexibility index (Phi) is 5.55. The summed E-state index contributed by atoms with van der Waals surface area (Å²) in [6, 6.07) is 13.7. The highest BCUT2D eigenvalue weighted by Gasteiger charge is 2.07. The van der Waals surface area contributed by atoms with Gasteiger partial charge in [0.15, 0.2) is 6.61 Å². The summed E-state index contributed by atoms with van der Waals surface area (Å²) in [6.07, 6.45) is 0. The van der Waals surface area contributed by atoms with Gasteiger partial charge in [-0.1, -0.05) is 22.0 Å². The molecule has 0 aromatic heterocycles. The van der Waals surface area contributed by atoms with E-state index < -0.39 is 5.97 Å². The van der Waals surface area contributed by atoms with Crippen molar-refractivity contribution in [3.8, 4) is 11.5 Å². The van der Waals surface area contributed by atoms with Gasteiger partial charge in [0.05, 0.1) is 0 Å². The second-order valence-corrected chi connectivity index (χ2v) is 5.34. The molecule has 2 aromatic rings. The van der Waals surface area contributed by atoms with E-state index in [0.29, 0.717) is 17.2 Å². The predicted octanol–water partition coefficient (Wildman–Crippen LogP) is 3.39. The van der Waals surface area contributed by atoms with Crippen LogP contribution in [0.2, 0.25) is 0 Å². The molecule has 1 N–H and O–H groups in total. The van der Waals surface area contributed by atoms with E-state index in [0.717, 1.165) is 4.47 Å². The molecular weight excluding hydrogens is 350 g/mol. The number of carbonyl (C=O) groups is 2. The summed E-state index contributed by atoms with van der Waals surface area (Å²) in [7, 11) is 0. The smallest absolute Gasteiger partial charge is 0.349 e. The van der Waals surface area contributed by atoms with Gasteiger partial charge in [0, 0.05) is 23.2 Å². The third kappa shape index (κ3) is 5.21. The highest BCUT2D eigenvalue weighted by Crippen LogP contribution is 2.18. The molecule has 0 aliphatic carbocycles. The van der Waals surface area contributed by atoms with E-state index in [4.69, 9.17) is 9.47 Å². The average molecular weight is 364 g/mol. The fraction of sp³-hybridized carbons (Fsp3) is 0.125. The Bertz CT molecular complexity index is 670. The lowest BCUT2D eigenvalue weighted by Crippen LogP contribution is -2.17. The van der Waals surface area contributed by atoms with Crippen LogP contribution in [-0.4, -0.2) is 18.5 Å². The first-order valence-corrected chi connectivity index (χ1v) is 7.29. The van der Waals surface area contributed by atoms with Crippen molar-refractivity contribution in [3.05, 3.63) is 53.0 Å². The minimum Gasteiger partial charge on any atom is -0.482 e. The highest BCUT2D eigenvalue weighted by atomic mass is 79.9. The normalized spacial score (nSPS) is 9.91. The zero-order chi connectivity index (χ0) is 15.9. The van der Waals surface area contributed by atoms with E-state index in [9.17, 15) is 9.59 Å². The third-order valence-electron chi connectivity index (χ3n) is 2.56. The Morgan fingerprint density at radius 3 is 2.50 bits per heavy atom. The van der Waals surface area contributed by atoms with Gasteiger partial charge < -0.3 is 14.8 Å². The van der Waals surface area contributed by atoms with Gasteiger partial charge >= 0.3 is 5.97 Å². The summed E-state index contributed by atoms with van der Waals surface area (Å²) in [5, 5.41) is 2.64. The van der Waals surface area contributed by atoms with Crippen molar-refractivity contribution in [1.29, 1.82) is 0 Å². The molecule has 0 radical (unpaired) electrons. The topological polar surface area (TPSA) is 64.6 Å². The molecule has 0 saturated carbocycles. The first-order valence-electron chi connectivity index (χ1n) is 6.49. The summed E-state index contributed by atoms with van der Waals surface area (Å²) in [4.78, 5) is 22.7. The van der Waals surface area contributed by atoms with Crippen LogP contribution < -0.4 is 14.8 Å². The second kappa shape index (κ2) is 7.61. The van der Waals surface area contributed by atoms with Gasteiger partial charge in [-0.05, 0) is 36.4 Å². The molecule has 0 atom stereocenters. The maximum absolute atomic E-state index is 11.7. The summed E-state index contributed by atoms with van der Waals surface area (Å²) in [6.45, 7) is 1.20. The van der Waals surface area contributed by atoms with Gasteiger partial charge in [0.25, 0.3) is 0 Å². The maximum Gasteiger partial charge on any atom is 0.349 e. The number of halogens is 1. The number of hydrogen-bond donors (Lipinski definition) is 1. The number of carbonyl (C=O) groups excluding carboxylic acids is 2. The van der Waals surface area contributed by atoms with Gasteiger partial charge in [-0.2, -0.15) is 0 Å². The molecule has 0 aliphatic rings. The summed E-state index contributed by atoms with van der Waals surface area (Å²) < 4.78 is 11.4. The molecule has 5 nitrogen and oxygen atoms in total. The highest BCUT2D eigenvalue weighted by molar-refractivity contribution is 9.10. The van der Waals surface area contributed by atoms with Crippen molar-refractivity contribution in [2.45, 2.75) is 6.92 Å². The predicted molar refractivity (Wildman–Crippen MR) is 86.0 cm³/mol. The Morgan fingerprint density at radius 1 is 1.09 bits per heavy atom. The van der Waals surface area contributed by atoms with Gasteiger partial charge in [-0.25, -0.2) is 4.79 Å². The van der Waals surface area contributed by atoms with E-state index in [1.54, 1.807) is 48.5 Å². The lowest BCUT2D eigenvalue weighted by molar-refractivity contribution is -0.136. The molecule has 0 heterocycles. The van der Waals surface area contributed by atoms with Crippen LogP contribution in [0.15, 0.2) is 53.0 Å². The molecule has 0 unspecified atom stereocenters. The van der Waals surface area contributed by atoms with Crippen LogP contribution in [0.1, 0.15) is 6.92 Å². The number of anilines is 1. The Hall–Kier alpha value is -2.34. The molecule has 114 valence electrons. The Balaban J connectivity index is 1.88. The number of benzene rings is 2. The van der Waals surface area contributed by atoms with Crippen LogP contribution in [0.5, 0.6) is 11.5 Å². The van der Waals surface area contributed by atoms with Crippen LogP contribution >= 0.6 is 15.9 Å². The molecule has 0 aliphatic heterocycles. The van der Waals surface area contributed by atoms with E-state index >= 15 is 0 Å². The van der Waals surface area contributed by atoms with Crippen molar-refractivity contribution in [2.24, 2.45) is 0 Å². The molecular formula is C16H14BrNO4. The number of hydrogen-bond acceptors (Lipinski definition) is 4. The molecule has 0 saturated heterocycles. The molecule has 2 rings (SSSR count). The average Bonchev–Trinajstić information content (AvgIpc) is 2.47. The second-order valence-electron chi connectivity index (χ2n) is 4.43. The number of rotatable bonds is 5. The van der Waals surface area contributed by atoms with E-state index in [-0.39, 0.29) is 12.5 Å². The number of nitrogens with one attached hydrogen (secondary N) is 1. The van der Waals surface area contributed by atoms with E-state index in [1.165, 1.54) is 6.92 Å². The Morgan fingerprint density at radius 2 is 1.82 bits per heavy atom. The van der Waals surface area contributed by atoms with E-state index in [2.05, 4.69) is 21.2 Å². The molecule has 0 spiro atoms. The van der Waals surface area contributed by atoms with Crippen LogP contribution in [-0.2, 0) is 9.59 Å². The molecule has 1 amide bonds. The quantitative estimate of drug-likeness (QED) is 0.653. The van der Waals surface area contributed by atoms with Crippen molar-refractivity contribution < 1.29 is 19.1 Å². The van der Waals surface area contributed by atoms with Crippen molar-refractivity contribution in [2.75, 3.05) is 11.9 Å². The zero-order valence-electron chi connectivity index (χ0n) is 11.8. The fourth-order valence-corrected chi connectivity index (χ4v) is 1.94. The Labute approximate surface area is 136 Å².